The van der Waals surface area contributed by atoms with E-state index in [1.165, 1.54) is 9.80 Å². The Kier molecular flexibility index (Phi) is 8.53. The van der Waals surface area contributed by atoms with Gasteiger partial charge in [0.05, 0.1) is 23.3 Å². The molecule has 0 spiro atoms. The standard InChI is InChI=1S/C26H30N3O7P/c1-17(36-37(35)27-22-12-7-13-28(26(22)34)16-23(30)31)14-19(15-18-8-3-2-4-9-18)29-24(32)20-10-5-6-11-21(20)25(29)33/h2-6,8-11,17,19,22,37H,7,12-16H2,1H3,(H,27,35)(H,30,31). The van der Waals surface area contributed by atoms with E-state index in [1.807, 2.05) is 30.3 Å². The van der Waals surface area contributed by atoms with Gasteiger partial charge in [-0.15, -0.1) is 0 Å². The summed E-state index contributed by atoms with van der Waals surface area (Å²) in [5, 5.41) is 11.7. The molecule has 2 aromatic carbocycles. The lowest BCUT2D eigenvalue weighted by atomic mass is 9.99. The summed E-state index contributed by atoms with van der Waals surface area (Å²) in [5.74, 6) is -2.27. The second-order valence-corrected chi connectivity index (χ2v) is 10.4. The molecule has 0 aromatic heterocycles. The fourth-order valence-corrected chi connectivity index (χ4v) is 5.97. The first-order valence-corrected chi connectivity index (χ1v) is 13.5. The van der Waals surface area contributed by atoms with Crippen molar-refractivity contribution in [3.63, 3.8) is 0 Å². The third-order valence-electron chi connectivity index (χ3n) is 6.57. The number of imide groups is 1. The number of rotatable bonds is 11. The molecule has 2 aliphatic heterocycles. The highest BCUT2D eigenvalue weighted by atomic mass is 31.1. The van der Waals surface area contributed by atoms with Gasteiger partial charge in [-0.25, -0.2) is 5.09 Å². The zero-order valence-electron chi connectivity index (χ0n) is 20.5. The number of fused-ring (bicyclic) bond motifs is 1. The van der Waals surface area contributed by atoms with E-state index in [0.29, 0.717) is 36.9 Å². The van der Waals surface area contributed by atoms with E-state index in [2.05, 4.69) is 5.09 Å². The minimum Gasteiger partial charge on any atom is -0.480 e. The zero-order chi connectivity index (χ0) is 26.5. The van der Waals surface area contributed by atoms with Crippen LogP contribution in [0.5, 0.6) is 0 Å². The summed E-state index contributed by atoms with van der Waals surface area (Å²) in [6.07, 6.45) is 1.04. The van der Waals surface area contributed by atoms with E-state index in [1.54, 1.807) is 31.2 Å². The second-order valence-electron chi connectivity index (χ2n) is 9.31. The number of aliphatic carboxylic acids is 1. The van der Waals surface area contributed by atoms with Crippen molar-refractivity contribution in [2.24, 2.45) is 0 Å². The average molecular weight is 528 g/mol. The van der Waals surface area contributed by atoms with Gasteiger partial charge in [0, 0.05) is 12.6 Å². The van der Waals surface area contributed by atoms with Crippen LogP contribution in [0.25, 0.3) is 0 Å². The molecular weight excluding hydrogens is 497 g/mol. The SMILES string of the molecule is CC(CC(Cc1ccccc1)N1C(=O)c2ccccc2C1=O)O[PH](=O)NC1CCCN(CC(=O)O)C1=O. The number of carboxylic acid groups (broad SMARTS) is 1. The van der Waals surface area contributed by atoms with E-state index >= 15 is 0 Å². The predicted octanol–water partition coefficient (Wildman–Crippen LogP) is 2.74. The van der Waals surface area contributed by atoms with Crippen molar-refractivity contribution in [3.05, 3.63) is 71.3 Å². The quantitative estimate of drug-likeness (QED) is 0.337. The van der Waals surface area contributed by atoms with E-state index in [0.717, 1.165) is 5.56 Å². The average Bonchev–Trinajstić information content (AvgIpc) is 3.11. The first kappa shape index (κ1) is 26.7. The first-order valence-electron chi connectivity index (χ1n) is 12.2. The van der Waals surface area contributed by atoms with Crippen molar-refractivity contribution in [1.29, 1.82) is 0 Å². The van der Waals surface area contributed by atoms with Gasteiger partial charge in [0.2, 0.25) is 5.91 Å². The van der Waals surface area contributed by atoms with Crippen LogP contribution in [0.2, 0.25) is 0 Å². The third kappa shape index (κ3) is 6.33. The summed E-state index contributed by atoms with van der Waals surface area (Å²) < 4.78 is 18.5. The topological polar surface area (TPSA) is 133 Å². The van der Waals surface area contributed by atoms with E-state index in [9.17, 15) is 23.7 Å². The monoisotopic (exact) mass is 527 g/mol. The summed E-state index contributed by atoms with van der Waals surface area (Å²) >= 11 is 0. The minimum atomic E-state index is -2.87. The van der Waals surface area contributed by atoms with E-state index in [-0.39, 0.29) is 18.2 Å². The number of hydrogen-bond donors (Lipinski definition) is 2. The molecule has 2 heterocycles. The molecule has 4 rings (SSSR count). The van der Waals surface area contributed by atoms with Crippen molar-refractivity contribution in [2.75, 3.05) is 13.1 Å². The van der Waals surface area contributed by atoms with Crippen LogP contribution < -0.4 is 5.09 Å². The maximum atomic E-state index is 13.2. The lowest BCUT2D eigenvalue weighted by Crippen LogP contribution is -2.50. The van der Waals surface area contributed by atoms with Crippen LogP contribution in [0.1, 0.15) is 52.5 Å². The first-order chi connectivity index (χ1) is 17.7. The Bertz CT molecular complexity index is 1170. The largest absolute Gasteiger partial charge is 0.480 e. The summed E-state index contributed by atoms with van der Waals surface area (Å²) in [6, 6.07) is 14.8. The smallest absolute Gasteiger partial charge is 0.323 e. The molecule has 0 radical (unpaired) electrons. The molecular formula is C26H30N3O7P. The lowest BCUT2D eigenvalue weighted by Gasteiger charge is -2.32. The molecule has 11 heteroatoms. The normalized spacial score (nSPS) is 20.0. The number of nitrogens with one attached hydrogen (secondary N) is 1. The summed E-state index contributed by atoms with van der Waals surface area (Å²) in [6.45, 7) is 1.64. The molecule has 3 amide bonds. The van der Waals surface area contributed by atoms with Crippen LogP contribution in [-0.2, 0) is 25.1 Å². The molecule has 37 heavy (non-hydrogen) atoms. The molecule has 0 bridgehead atoms. The lowest BCUT2D eigenvalue weighted by molar-refractivity contribution is -0.146. The summed E-state index contributed by atoms with van der Waals surface area (Å²) in [7, 11) is -2.87. The molecule has 2 aromatic rings. The molecule has 2 aliphatic rings. The molecule has 196 valence electrons. The molecule has 0 aliphatic carbocycles. The number of carboxylic acids is 1. The summed E-state index contributed by atoms with van der Waals surface area (Å²) in [4.78, 5) is 52.4. The van der Waals surface area contributed by atoms with Crippen LogP contribution in [0.3, 0.4) is 0 Å². The van der Waals surface area contributed by atoms with Crippen molar-refractivity contribution in [1.82, 2.24) is 14.9 Å². The fraction of sp³-hybridized carbons (Fsp3) is 0.385. The molecule has 4 atom stereocenters. The highest BCUT2D eigenvalue weighted by Gasteiger charge is 2.40. The van der Waals surface area contributed by atoms with Crippen LogP contribution in [0.15, 0.2) is 54.6 Å². The van der Waals surface area contributed by atoms with Gasteiger partial charge in [0.25, 0.3) is 20.0 Å². The van der Waals surface area contributed by atoms with Gasteiger partial charge in [-0.2, -0.15) is 0 Å². The van der Waals surface area contributed by atoms with Gasteiger partial charge in [0.15, 0.2) is 0 Å². The number of likely N-dealkylation sites (tertiary alicyclic amines) is 1. The highest BCUT2D eigenvalue weighted by molar-refractivity contribution is 7.36. The van der Waals surface area contributed by atoms with Gasteiger partial charge in [-0.1, -0.05) is 42.5 Å². The van der Waals surface area contributed by atoms with Gasteiger partial charge >= 0.3 is 5.97 Å². The Hall–Kier alpha value is -3.33. The summed E-state index contributed by atoms with van der Waals surface area (Å²) in [5.41, 5.74) is 1.65. The van der Waals surface area contributed by atoms with Crippen LogP contribution >= 0.6 is 8.18 Å². The highest BCUT2D eigenvalue weighted by Crippen LogP contribution is 2.31. The molecule has 1 fully saturated rings. The van der Waals surface area contributed by atoms with E-state index in [4.69, 9.17) is 9.63 Å². The van der Waals surface area contributed by atoms with Crippen molar-refractivity contribution in [2.45, 2.75) is 50.8 Å². The van der Waals surface area contributed by atoms with Crippen molar-refractivity contribution in [3.8, 4) is 0 Å². The van der Waals surface area contributed by atoms with Crippen molar-refractivity contribution >= 4 is 31.9 Å². The van der Waals surface area contributed by atoms with Gasteiger partial charge < -0.3 is 14.5 Å². The Morgan fingerprint density at radius 2 is 1.70 bits per heavy atom. The van der Waals surface area contributed by atoms with Gasteiger partial charge in [0.1, 0.15) is 6.54 Å². The molecule has 0 saturated carbocycles. The number of carbonyl (C=O) groups excluding carboxylic acids is 3. The molecule has 4 unspecified atom stereocenters. The zero-order valence-corrected chi connectivity index (χ0v) is 21.5. The molecule has 10 nitrogen and oxygen atoms in total. The predicted molar refractivity (Wildman–Crippen MR) is 135 cm³/mol. The fourth-order valence-electron chi connectivity index (χ4n) is 4.89. The number of nitrogens with zero attached hydrogens (tertiary/aromatic N) is 2. The Labute approximate surface area is 215 Å². The van der Waals surface area contributed by atoms with Crippen molar-refractivity contribution < 1.29 is 33.4 Å². The minimum absolute atomic E-state index is 0.238. The Balaban J connectivity index is 1.43. The maximum absolute atomic E-state index is 13.2. The van der Waals surface area contributed by atoms with Gasteiger partial charge in [-0.05, 0) is 50.3 Å². The number of hydrogen-bond acceptors (Lipinski definition) is 6. The molecule has 1 saturated heterocycles. The Morgan fingerprint density at radius 1 is 1.08 bits per heavy atom. The maximum Gasteiger partial charge on any atom is 0.323 e. The van der Waals surface area contributed by atoms with Gasteiger partial charge in [-0.3, -0.25) is 28.6 Å². The van der Waals surface area contributed by atoms with E-state index < -0.39 is 44.8 Å². The number of carbonyl (C=O) groups is 4. The van der Waals surface area contributed by atoms with Crippen LogP contribution in [0, 0.1) is 0 Å². The number of benzene rings is 2. The molecule has 2 N–H and O–H groups in total. The Morgan fingerprint density at radius 3 is 2.32 bits per heavy atom. The second kappa shape index (κ2) is 11.8. The number of piperidine rings is 1. The number of amides is 3. The van der Waals surface area contributed by atoms with Crippen LogP contribution in [0.4, 0.5) is 0 Å². The van der Waals surface area contributed by atoms with Crippen LogP contribution in [-0.4, -0.2) is 69.9 Å². The third-order valence-corrected chi connectivity index (χ3v) is 7.77.